The van der Waals surface area contributed by atoms with E-state index >= 15 is 0 Å². The van der Waals surface area contributed by atoms with Gasteiger partial charge in [-0.2, -0.15) is 0 Å². The van der Waals surface area contributed by atoms with Crippen LogP contribution in [0.4, 0.5) is 10.1 Å². The first-order chi connectivity index (χ1) is 17.4. The standard InChI is InChI=1S/C25H24FN5O4S/c1-14-9-17(30-5-7-35-8-6-30)13-31-22(14)29-20(21(32)25(31)34)24-28-12-18(36-24)10-15-3-4-16(26)11-19(15)23(33)27-2/h3-4,9,11-13,32H,5-8,10H2,1-2H3,(H,27,33). The number of aromatic nitrogens is 3. The van der Waals surface area contributed by atoms with E-state index in [0.717, 1.165) is 29.2 Å². The van der Waals surface area contributed by atoms with Crippen molar-refractivity contribution in [1.82, 2.24) is 19.7 Å². The number of morpholine rings is 1. The molecule has 1 saturated heterocycles. The van der Waals surface area contributed by atoms with Crippen LogP contribution in [0.3, 0.4) is 0 Å². The van der Waals surface area contributed by atoms with Crippen molar-refractivity contribution in [1.29, 1.82) is 0 Å². The Morgan fingerprint density at radius 2 is 2.06 bits per heavy atom. The highest BCUT2D eigenvalue weighted by Gasteiger charge is 2.21. The number of benzene rings is 1. The summed E-state index contributed by atoms with van der Waals surface area (Å²) in [7, 11) is 1.49. The second-order valence-electron chi connectivity index (χ2n) is 8.48. The third-order valence-electron chi connectivity index (χ3n) is 6.11. The van der Waals surface area contributed by atoms with Crippen LogP contribution in [0.2, 0.25) is 0 Å². The Kier molecular flexibility index (Phi) is 6.42. The molecule has 4 aromatic rings. The minimum Gasteiger partial charge on any atom is -0.501 e. The van der Waals surface area contributed by atoms with Crippen molar-refractivity contribution < 1.29 is 19.0 Å². The quantitative estimate of drug-likeness (QED) is 0.426. The molecule has 1 aromatic carbocycles. The van der Waals surface area contributed by atoms with Gasteiger partial charge in [0.15, 0.2) is 0 Å². The molecule has 5 rings (SSSR count). The number of thiazole rings is 1. The van der Waals surface area contributed by atoms with Gasteiger partial charge in [-0.1, -0.05) is 6.07 Å². The summed E-state index contributed by atoms with van der Waals surface area (Å²) in [5.41, 5.74) is 2.48. The van der Waals surface area contributed by atoms with Crippen molar-refractivity contribution in [2.75, 3.05) is 38.3 Å². The fourth-order valence-corrected chi connectivity index (χ4v) is 5.18. The van der Waals surface area contributed by atoms with Crippen molar-refractivity contribution in [3.63, 3.8) is 0 Å². The van der Waals surface area contributed by atoms with Crippen molar-refractivity contribution >= 4 is 28.6 Å². The lowest BCUT2D eigenvalue weighted by Gasteiger charge is -2.29. The summed E-state index contributed by atoms with van der Waals surface area (Å²) >= 11 is 1.25. The monoisotopic (exact) mass is 509 g/mol. The van der Waals surface area contributed by atoms with Gasteiger partial charge in [-0.25, -0.2) is 14.4 Å². The predicted molar refractivity (Wildman–Crippen MR) is 135 cm³/mol. The minimum atomic E-state index is -0.578. The number of carbonyl (C=O) groups is 1. The summed E-state index contributed by atoms with van der Waals surface area (Å²) in [6.45, 7) is 4.53. The molecular weight excluding hydrogens is 485 g/mol. The van der Waals surface area contributed by atoms with Crippen molar-refractivity contribution in [2.45, 2.75) is 13.3 Å². The number of amides is 1. The van der Waals surface area contributed by atoms with Gasteiger partial charge in [0.1, 0.15) is 22.2 Å². The number of nitrogens with zero attached hydrogens (tertiary/aromatic N) is 4. The van der Waals surface area contributed by atoms with Crippen molar-refractivity contribution in [2.24, 2.45) is 0 Å². The molecular formula is C25H24FN5O4S. The normalized spacial score (nSPS) is 13.8. The van der Waals surface area contributed by atoms with Gasteiger partial charge in [-0.3, -0.25) is 14.0 Å². The summed E-state index contributed by atoms with van der Waals surface area (Å²) in [6.07, 6.45) is 3.62. The fraction of sp³-hybridized carbons (Fsp3) is 0.280. The number of pyridine rings is 1. The van der Waals surface area contributed by atoms with Crippen LogP contribution in [0.5, 0.6) is 5.75 Å². The highest BCUT2D eigenvalue weighted by Crippen LogP contribution is 2.31. The molecule has 1 aliphatic heterocycles. The van der Waals surface area contributed by atoms with Gasteiger partial charge >= 0.3 is 5.56 Å². The number of carbonyl (C=O) groups excluding carboxylic acids is 1. The number of hydrogen-bond acceptors (Lipinski definition) is 8. The molecule has 186 valence electrons. The Balaban J connectivity index is 1.51. The zero-order valence-corrected chi connectivity index (χ0v) is 20.6. The van der Waals surface area contributed by atoms with Crippen LogP contribution in [0.1, 0.15) is 26.4 Å². The minimum absolute atomic E-state index is 0.101. The molecule has 3 aromatic heterocycles. The van der Waals surface area contributed by atoms with Crippen molar-refractivity contribution in [3.05, 3.63) is 74.4 Å². The molecule has 4 heterocycles. The summed E-state index contributed by atoms with van der Waals surface area (Å²) in [5, 5.41) is 13.7. The number of hydrogen-bond donors (Lipinski definition) is 2. The summed E-state index contributed by atoms with van der Waals surface area (Å²) in [6, 6.07) is 6.03. The van der Waals surface area contributed by atoms with Crippen LogP contribution in [0, 0.1) is 12.7 Å². The molecule has 2 N–H and O–H groups in total. The van der Waals surface area contributed by atoms with Crippen molar-refractivity contribution in [3.8, 4) is 16.5 Å². The second-order valence-corrected chi connectivity index (χ2v) is 9.59. The molecule has 1 fully saturated rings. The molecule has 0 aliphatic carbocycles. The highest BCUT2D eigenvalue weighted by molar-refractivity contribution is 7.15. The highest BCUT2D eigenvalue weighted by atomic mass is 32.1. The van der Waals surface area contributed by atoms with Crippen LogP contribution in [0.15, 0.2) is 41.5 Å². The van der Waals surface area contributed by atoms with Crippen LogP contribution in [-0.2, 0) is 11.2 Å². The smallest absolute Gasteiger partial charge is 0.300 e. The van der Waals surface area contributed by atoms with Crippen LogP contribution >= 0.6 is 11.3 Å². The van der Waals surface area contributed by atoms with E-state index in [2.05, 4.69) is 20.2 Å². The van der Waals surface area contributed by atoms with E-state index in [4.69, 9.17) is 4.74 Å². The van der Waals surface area contributed by atoms with E-state index in [1.54, 1.807) is 18.5 Å². The van der Waals surface area contributed by atoms with Gasteiger partial charge < -0.3 is 20.1 Å². The van der Waals surface area contributed by atoms with Crippen LogP contribution < -0.4 is 15.8 Å². The van der Waals surface area contributed by atoms with E-state index in [1.165, 1.54) is 34.9 Å². The molecule has 1 amide bonds. The maximum atomic E-state index is 13.7. The lowest BCUT2D eigenvalue weighted by molar-refractivity contribution is 0.0962. The first kappa shape index (κ1) is 23.9. The second kappa shape index (κ2) is 9.67. The number of rotatable bonds is 5. The molecule has 36 heavy (non-hydrogen) atoms. The maximum Gasteiger partial charge on any atom is 0.300 e. The number of halogens is 1. The third-order valence-corrected chi connectivity index (χ3v) is 7.11. The van der Waals surface area contributed by atoms with E-state index in [9.17, 15) is 19.1 Å². The van der Waals surface area contributed by atoms with E-state index in [-0.39, 0.29) is 17.2 Å². The first-order valence-corrected chi connectivity index (χ1v) is 12.2. The largest absolute Gasteiger partial charge is 0.501 e. The fourth-order valence-electron chi connectivity index (χ4n) is 4.26. The third kappa shape index (κ3) is 4.42. The van der Waals surface area contributed by atoms with Crippen LogP contribution in [0.25, 0.3) is 16.3 Å². The summed E-state index contributed by atoms with van der Waals surface area (Å²) in [5.74, 6) is -1.37. The van der Waals surface area contributed by atoms with Gasteiger partial charge in [-0.15, -0.1) is 11.3 Å². The molecule has 0 radical (unpaired) electrons. The lowest BCUT2D eigenvalue weighted by Crippen LogP contribution is -2.36. The number of anilines is 1. The molecule has 0 unspecified atom stereocenters. The Morgan fingerprint density at radius 3 is 2.81 bits per heavy atom. The average Bonchev–Trinajstić information content (AvgIpc) is 3.35. The Labute approximate surface area is 209 Å². The van der Waals surface area contributed by atoms with Gasteiger partial charge in [0.2, 0.25) is 5.75 Å². The zero-order valence-electron chi connectivity index (χ0n) is 19.7. The van der Waals surface area contributed by atoms with Crippen LogP contribution in [-0.4, -0.2) is 58.7 Å². The van der Waals surface area contributed by atoms with Gasteiger partial charge in [-0.05, 0) is 36.2 Å². The number of aromatic hydroxyl groups is 1. The molecule has 11 heteroatoms. The topological polar surface area (TPSA) is 109 Å². The number of nitrogens with one attached hydrogen (secondary N) is 1. The average molecular weight is 510 g/mol. The Hall–Kier alpha value is -3.83. The maximum absolute atomic E-state index is 13.7. The Morgan fingerprint density at radius 1 is 1.28 bits per heavy atom. The van der Waals surface area contributed by atoms with Gasteiger partial charge in [0, 0.05) is 49.4 Å². The number of fused-ring (bicyclic) bond motifs is 1. The van der Waals surface area contributed by atoms with E-state index in [1.807, 2.05) is 13.0 Å². The predicted octanol–water partition coefficient (Wildman–Crippen LogP) is 2.76. The first-order valence-electron chi connectivity index (χ1n) is 11.4. The van der Waals surface area contributed by atoms with E-state index in [0.29, 0.717) is 35.9 Å². The summed E-state index contributed by atoms with van der Waals surface area (Å²) < 4.78 is 20.5. The molecule has 1 aliphatic rings. The van der Waals surface area contributed by atoms with E-state index < -0.39 is 17.1 Å². The molecule has 0 spiro atoms. The van der Waals surface area contributed by atoms with Gasteiger partial charge in [0.25, 0.3) is 5.91 Å². The number of aryl methyl sites for hydroxylation is 1. The van der Waals surface area contributed by atoms with Gasteiger partial charge in [0.05, 0.1) is 18.9 Å². The zero-order chi connectivity index (χ0) is 25.4. The molecule has 0 bridgehead atoms. The molecule has 0 atom stereocenters. The molecule has 9 nitrogen and oxygen atoms in total. The lowest BCUT2D eigenvalue weighted by atomic mass is 10.0. The molecule has 0 saturated carbocycles. The number of ether oxygens (including phenoxy) is 1. The Bertz CT molecular complexity index is 1530. The summed E-state index contributed by atoms with van der Waals surface area (Å²) in [4.78, 5) is 37.2. The SMILES string of the molecule is CNC(=O)c1cc(F)ccc1Cc1cnc(-c2nc3c(C)cc(N4CCOCC4)cn3c(=O)c2O)s1.